The van der Waals surface area contributed by atoms with Gasteiger partial charge in [0.05, 0.1) is 12.5 Å². The number of Topliss-reactive ketones (excluding diaryl/α,β-unsaturated/α-hetero) is 1. The molecule has 1 heterocycles. The van der Waals surface area contributed by atoms with Crippen molar-refractivity contribution in [1.29, 1.82) is 5.26 Å². The number of hydrogen-bond donors (Lipinski definition) is 1. The number of carbonyl (C=O) groups is 3. The lowest BCUT2D eigenvalue weighted by atomic mass is 9.98. The van der Waals surface area contributed by atoms with Crippen LogP contribution in [-0.2, 0) is 14.4 Å². The van der Waals surface area contributed by atoms with Crippen LogP contribution >= 0.6 is 0 Å². The second kappa shape index (κ2) is 2.50. The summed E-state index contributed by atoms with van der Waals surface area (Å²) < 4.78 is 0. The van der Waals surface area contributed by atoms with Gasteiger partial charge in [0.1, 0.15) is 0 Å². The van der Waals surface area contributed by atoms with Crippen molar-refractivity contribution in [2.45, 2.75) is 6.42 Å². The maximum Gasteiger partial charge on any atom is 0.251 e. The number of hydrogen-bond acceptors (Lipinski definition) is 4. The Bertz CT molecular complexity index is 256. The van der Waals surface area contributed by atoms with Crippen LogP contribution in [0.4, 0.5) is 0 Å². The van der Waals surface area contributed by atoms with Gasteiger partial charge in [0.2, 0.25) is 5.91 Å². The molecule has 1 aliphatic heterocycles. The smallest absolute Gasteiger partial charge is 0.251 e. The number of nitrogens with one attached hydrogen (secondary N) is 1. The molecule has 0 radical (unpaired) electrons. The Hall–Kier alpha value is -1.70. The first-order chi connectivity index (χ1) is 5.15. The molecule has 0 aromatic rings. The van der Waals surface area contributed by atoms with E-state index >= 15 is 0 Å². The van der Waals surface area contributed by atoms with Gasteiger partial charge in [-0.15, -0.1) is 0 Å². The molecular weight excluding hydrogens is 148 g/mol. The van der Waals surface area contributed by atoms with Crippen LogP contribution in [0.1, 0.15) is 6.42 Å². The van der Waals surface area contributed by atoms with Gasteiger partial charge < -0.3 is 0 Å². The summed E-state index contributed by atoms with van der Waals surface area (Å²) in [7, 11) is 0. The third-order valence-corrected chi connectivity index (χ3v) is 1.31. The number of amides is 2. The number of nitrogens with zero attached hydrogens (tertiary/aromatic N) is 1. The third-order valence-electron chi connectivity index (χ3n) is 1.31. The van der Waals surface area contributed by atoms with Crippen molar-refractivity contribution in [1.82, 2.24) is 5.32 Å². The van der Waals surface area contributed by atoms with Gasteiger partial charge >= 0.3 is 0 Å². The number of carbonyl (C=O) groups excluding carboxylic acids is 3. The van der Waals surface area contributed by atoms with Crippen molar-refractivity contribution < 1.29 is 14.4 Å². The monoisotopic (exact) mass is 152 g/mol. The van der Waals surface area contributed by atoms with E-state index in [1.54, 1.807) is 0 Å². The fourth-order valence-electron chi connectivity index (χ4n) is 0.791. The number of nitriles is 1. The first-order valence-corrected chi connectivity index (χ1v) is 2.91. The second-order valence-corrected chi connectivity index (χ2v) is 2.12. The molecule has 1 fully saturated rings. The van der Waals surface area contributed by atoms with Gasteiger partial charge in [0.15, 0.2) is 11.7 Å². The Morgan fingerprint density at radius 3 is 2.55 bits per heavy atom. The van der Waals surface area contributed by atoms with E-state index in [2.05, 4.69) is 0 Å². The number of rotatable bonds is 0. The summed E-state index contributed by atoms with van der Waals surface area (Å²) in [6.07, 6.45) is -0.371. The molecular formula is C6H4N2O3. The molecule has 56 valence electrons. The predicted octanol–water partition coefficient (Wildman–Crippen LogP) is -1.26. The molecule has 0 bridgehead atoms. The molecule has 5 nitrogen and oxygen atoms in total. The topological polar surface area (TPSA) is 87.0 Å². The van der Waals surface area contributed by atoms with E-state index in [0.717, 1.165) is 0 Å². The highest BCUT2D eigenvalue weighted by atomic mass is 16.2. The minimum Gasteiger partial charge on any atom is -0.297 e. The highest BCUT2D eigenvalue weighted by Gasteiger charge is 2.33. The molecule has 1 atom stereocenters. The Balaban J connectivity index is 2.85. The summed E-state index contributed by atoms with van der Waals surface area (Å²) >= 11 is 0. The van der Waals surface area contributed by atoms with Gasteiger partial charge in [-0.25, -0.2) is 0 Å². The molecule has 0 aliphatic carbocycles. The quantitative estimate of drug-likeness (QED) is 0.346. The average molecular weight is 152 g/mol. The van der Waals surface area contributed by atoms with Crippen molar-refractivity contribution in [3.05, 3.63) is 0 Å². The van der Waals surface area contributed by atoms with Gasteiger partial charge in [0.25, 0.3) is 5.91 Å². The molecule has 1 unspecified atom stereocenters. The minimum atomic E-state index is -1.30. The highest BCUT2D eigenvalue weighted by molar-refractivity contribution is 6.19. The molecule has 0 aromatic heterocycles. The molecule has 1 saturated heterocycles. The van der Waals surface area contributed by atoms with E-state index in [4.69, 9.17) is 5.26 Å². The molecule has 1 aliphatic rings. The van der Waals surface area contributed by atoms with Crippen LogP contribution in [-0.4, -0.2) is 17.6 Å². The first kappa shape index (κ1) is 7.41. The Morgan fingerprint density at radius 2 is 2.09 bits per heavy atom. The van der Waals surface area contributed by atoms with Crippen molar-refractivity contribution in [3.8, 4) is 6.07 Å². The van der Waals surface area contributed by atoms with Crippen molar-refractivity contribution in [3.63, 3.8) is 0 Å². The van der Waals surface area contributed by atoms with Gasteiger partial charge in [0, 0.05) is 0 Å². The molecule has 0 aromatic carbocycles. The minimum absolute atomic E-state index is 0.371. The SMILES string of the molecule is N#CC1C(=O)CC(=O)NC1=O. The zero-order chi connectivity index (χ0) is 8.43. The molecule has 0 saturated carbocycles. The number of piperidine rings is 1. The summed E-state index contributed by atoms with van der Waals surface area (Å²) in [5.74, 6) is -3.37. The fourth-order valence-corrected chi connectivity index (χ4v) is 0.791. The van der Waals surface area contributed by atoms with E-state index in [0.29, 0.717) is 0 Å². The lowest BCUT2D eigenvalue weighted by molar-refractivity contribution is -0.141. The number of imide groups is 1. The lowest BCUT2D eigenvalue weighted by Gasteiger charge is -2.12. The van der Waals surface area contributed by atoms with Crippen LogP contribution in [0.3, 0.4) is 0 Å². The summed E-state index contributed by atoms with van der Waals surface area (Å²) in [5, 5.41) is 10.2. The predicted molar refractivity (Wildman–Crippen MR) is 31.9 cm³/mol. The molecule has 1 rings (SSSR count). The summed E-state index contributed by atoms with van der Waals surface area (Å²) in [5.41, 5.74) is 0. The Kier molecular flexibility index (Phi) is 1.68. The van der Waals surface area contributed by atoms with E-state index < -0.39 is 23.5 Å². The average Bonchev–Trinajstić information content (AvgIpc) is 1.85. The normalized spacial score (nSPS) is 24.3. The Labute approximate surface area is 62.0 Å². The van der Waals surface area contributed by atoms with E-state index in [9.17, 15) is 14.4 Å². The summed E-state index contributed by atoms with van der Waals surface area (Å²) in [6, 6.07) is 1.51. The molecule has 11 heavy (non-hydrogen) atoms. The standard InChI is InChI=1S/C6H4N2O3/c7-2-3-4(9)1-5(10)8-6(3)11/h3H,1H2,(H,8,10,11). The van der Waals surface area contributed by atoms with E-state index in [-0.39, 0.29) is 6.42 Å². The van der Waals surface area contributed by atoms with Gasteiger partial charge in [-0.2, -0.15) is 5.26 Å². The van der Waals surface area contributed by atoms with Crippen molar-refractivity contribution >= 4 is 17.6 Å². The maximum absolute atomic E-state index is 10.7. The Morgan fingerprint density at radius 1 is 1.45 bits per heavy atom. The van der Waals surface area contributed by atoms with Gasteiger partial charge in [-0.05, 0) is 0 Å². The van der Waals surface area contributed by atoms with E-state index in [1.807, 2.05) is 5.32 Å². The summed E-state index contributed by atoms with van der Waals surface area (Å²) in [6.45, 7) is 0. The lowest BCUT2D eigenvalue weighted by Crippen LogP contribution is -2.45. The van der Waals surface area contributed by atoms with Crippen molar-refractivity contribution in [2.24, 2.45) is 5.92 Å². The molecule has 2 amide bonds. The highest BCUT2D eigenvalue weighted by Crippen LogP contribution is 2.05. The van der Waals surface area contributed by atoms with Crippen LogP contribution in [0.15, 0.2) is 0 Å². The van der Waals surface area contributed by atoms with Crippen LogP contribution in [0.2, 0.25) is 0 Å². The van der Waals surface area contributed by atoms with Crippen LogP contribution in [0.5, 0.6) is 0 Å². The van der Waals surface area contributed by atoms with Crippen LogP contribution in [0.25, 0.3) is 0 Å². The van der Waals surface area contributed by atoms with Gasteiger partial charge in [-0.1, -0.05) is 0 Å². The molecule has 5 heteroatoms. The summed E-state index contributed by atoms with van der Waals surface area (Å²) in [4.78, 5) is 31.9. The largest absolute Gasteiger partial charge is 0.297 e. The van der Waals surface area contributed by atoms with E-state index in [1.165, 1.54) is 6.07 Å². The van der Waals surface area contributed by atoms with Gasteiger partial charge in [-0.3, -0.25) is 19.7 Å². The fraction of sp³-hybridized carbons (Fsp3) is 0.333. The molecule has 1 N–H and O–H groups in total. The maximum atomic E-state index is 10.7. The van der Waals surface area contributed by atoms with Crippen molar-refractivity contribution in [2.75, 3.05) is 0 Å². The zero-order valence-corrected chi connectivity index (χ0v) is 5.46. The first-order valence-electron chi connectivity index (χ1n) is 2.91. The van der Waals surface area contributed by atoms with Crippen LogP contribution < -0.4 is 5.32 Å². The number of ketones is 1. The zero-order valence-electron chi connectivity index (χ0n) is 5.46. The third kappa shape index (κ3) is 1.24. The second-order valence-electron chi connectivity index (χ2n) is 2.12. The van der Waals surface area contributed by atoms with Crippen LogP contribution in [0, 0.1) is 17.2 Å². The molecule has 0 spiro atoms.